The van der Waals surface area contributed by atoms with E-state index in [1.807, 2.05) is 0 Å². The summed E-state index contributed by atoms with van der Waals surface area (Å²) in [6.45, 7) is 0. The van der Waals surface area contributed by atoms with Gasteiger partial charge in [-0.2, -0.15) is 0 Å². The second-order valence-electron chi connectivity index (χ2n) is 1.41. The topological polar surface area (TPSA) is 43.4 Å². The second kappa shape index (κ2) is 5.56. The number of carbonyl (C=O) groups is 2. The molecule has 0 aromatic carbocycles. The van der Waals surface area contributed by atoms with Crippen LogP contribution in [0.15, 0.2) is 0 Å². The number of ether oxygens (including phenoxy) is 1. The SMILES string of the molecule is COC(=O)CCSC(=O)Cl. The number of halogens is 1. The Labute approximate surface area is 68.1 Å². The van der Waals surface area contributed by atoms with E-state index in [-0.39, 0.29) is 12.4 Å². The summed E-state index contributed by atoms with van der Waals surface area (Å²) in [5.74, 6) is 0.0556. The Kier molecular flexibility index (Phi) is 5.43. The van der Waals surface area contributed by atoms with Crippen LogP contribution in [0.3, 0.4) is 0 Å². The Morgan fingerprint density at radius 2 is 2.20 bits per heavy atom. The molecule has 0 aromatic rings. The highest BCUT2D eigenvalue weighted by Crippen LogP contribution is 2.08. The minimum atomic E-state index is -0.496. The molecule has 58 valence electrons. The molecule has 0 amide bonds. The third kappa shape index (κ3) is 5.91. The highest BCUT2D eigenvalue weighted by Gasteiger charge is 2.01. The van der Waals surface area contributed by atoms with Gasteiger partial charge in [-0.15, -0.1) is 0 Å². The average Bonchev–Trinajstić information content (AvgIpc) is 1.87. The molecule has 0 rings (SSSR count). The molecule has 0 aliphatic rings. The van der Waals surface area contributed by atoms with Crippen molar-refractivity contribution >= 4 is 33.9 Å². The van der Waals surface area contributed by atoms with Gasteiger partial charge in [-0.05, 0) is 11.6 Å². The Balaban J connectivity index is 3.20. The predicted molar refractivity (Wildman–Crippen MR) is 40.3 cm³/mol. The number of carbonyl (C=O) groups excluding carboxylic acids is 2. The van der Waals surface area contributed by atoms with Crippen LogP contribution in [0.5, 0.6) is 0 Å². The number of rotatable bonds is 3. The van der Waals surface area contributed by atoms with Crippen LogP contribution >= 0.6 is 23.4 Å². The first-order valence-electron chi connectivity index (χ1n) is 2.56. The maximum atomic E-state index is 10.4. The van der Waals surface area contributed by atoms with Crippen LogP contribution in [0.1, 0.15) is 6.42 Å². The predicted octanol–water partition coefficient (Wildman–Crippen LogP) is 1.64. The van der Waals surface area contributed by atoms with Crippen molar-refractivity contribution in [2.75, 3.05) is 12.9 Å². The van der Waals surface area contributed by atoms with E-state index in [9.17, 15) is 9.59 Å². The van der Waals surface area contributed by atoms with Crippen molar-refractivity contribution in [2.45, 2.75) is 6.42 Å². The van der Waals surface area contributed by atoms with Crippen molar-refractivity contribution in [3.8, 4) is 0 Å². The lowest BCUT2D eigenvalue weighted by Crippen LogP contribution is -2.01. The highest BCUT2D eigenvalue weighted by atomic mass is 35.5. The number of methoxy groups -OCH3 is 1. The molecule has 0 saturated carbocycles. The number of esters is 1. The summed E-state index contributed by atoms with van der Waals surface area (Å²) in [6.07, 6.45) is 0.222. The van der Waals surface area contributed by atoms with Gasteiger partial charge in [0.15, 0.2) is 0 Å². The lowest BCUT2D eigenvalue weighted by atomic mass is 10.5. The molecule has 10 heavy (non-hydrogen) atoms. The minimum absolute atomic E-state index is 0.222. The molecule has 0 bridgehead atoms. The first-order valence-corrected chi connectivity index (χ1v) is 3.92. The molecule has 0 saturated heterocycles. The fourth-order valence-corrected chi connectivity index (χ4v) is 0.977. The molecule has 0 unspecified atom stereocenters. The number of hydrogen-bond acceptors (Lipinski definition) is 4. The Morgan fingerprint density at radius 3 is 2.60 bits per heavy atom. The summed E-state index contributed by atoms with van der Waals surface area (Å²) in [6, 6.07) is 0. The van der Waals surface area contributed by atoms with E-state index in [0.29, 0.717) is 5.75 Å². The molecule has 0 spiro atoms. The minimum Gasteiger partial charge on any atom is -0.469 e. The van der Waals surface area contributed by atoms with Gasteiger partial charge in [0, 0.05) is 5.75 Å². The highest BCUT2D eigenvalue weighted by molar-refractivity contribution is 8.16. The largest absolute Gasteiger partial charge is 0.469 e. The first-order chi connectivity index (χ1) is 4.66. The smallest absolute Gasteiger partial charge is 0.306 e. The summed E-state index contributed by atoms with van der Waals surface area (Å²) in [5, 5.41) is 0. The van der Waals surface area contributed by atoms with Gasteiger partial charge >= 0.3 is 5.97 Å². The molecule has 0 heterocycles. The van der Waals surface area contributed by atoms with Crippen molar-refractivity contribution in [1.29, 1.82) is 0 Å². The van der Waals surface area contributed by atoms with E-state index in [1.54, 1.807) is 0 Å². The molecular formula is C5H7ClO3S. The summed E-state index contributed by atoms with van der Waals surface area (Å²) in [5.41, 5.74) is 0. The van der Waals surface area contributed by atoms with E-state index in [1.165, 1.54) is 7.11 Å². The van der Waals surface area contributed by atoms with Gasteiger partial charge in [0.25, 0.3) is 4.57 Å². The Morgan fingerprint density at radius 1 is 1.60 bits per heavy atom. The van der Waals surface area contributed by atoms with Crippen molar-refractivity contribution in [1.82, 2.24) is 0 Å². The fraction of sp³-hybridized carbons (Fsp3) is 0.600. The van der Waals surface area contributed by atoms with E-state index < -0.39 is 4.57 Å². The van der Waals surface area contributed by atoms with Gasteiger partial charge in [0.1, 0.15) is 0 Å². The van der Waals surface area contributed by atoms with E-state index >= 15 is 0 Å². The molecule has 0 atom stereocenters. The lowest BCUT2D eigenvalue weighted by Gasteiger charge is -1.94. The number of thioether (sulfide) groups is 1. The molecule has 0 aromatic heterocycles. The van der Waals surface area contributed by atoms with E-state index in [2.05, 4.69) is 4.74 Å². The fourth-order valence-electron chi connectivity index (χ4n) is 0.317. The van der Waals surface area contributed by atoms with Gasteiger partial charge in [-0.3, -0.25) is 9.59 Å². The molecule has 0 radical (unpaired) electrons. The van der Waals surface area contributed by atoms with Crippen LogP contribution in [0.2, 0.25) is 0 Å². The van der Waals surface area contributed by atoms with Crippen molar-refractivity contribution in [3.05, 3.63) is 0 Å². The van der Waals surface area contributed by atoms with Gasteiger partial charge in [0.05, 0.1) is 13.5 Å². The normalized spacial score (nSPS) is 9.00. The van der Waals surface area contributed by atoms with Gasteiger partial charge in [0.2, 0.25) is 0 Å². The lowest BCUT2D eigenvalue weighted by molar-refractivity contribution is -0.140. The van der Waals surface area contributed by atoms with Gasteiger partial charge in [-0.25, -0.2) is 0 Å². The standard InChI is InChI=1S/C5H7ClO3S/c1-9-4(7)2-3-10-5(6)8/h2-3H2,1H3. The summed E-state index contributed by atoms with van der Waals surface area (Å²) < 4.78 is 3.83. The monoisotopic (exact) mass is 182 g/mol. The summed E-state index contributed by atoms with van der Waals surface area (Å²) in [4.78, 5) is 20.5. The van der Waals surface area contributed by atoms with Crippen molar-refractivity contribution in [2.24, 2.45) is 0 Å². The zero-order chi connectivity index (χ0) is 7.98. The zero-order valence-corrected chi connectivity index (χ0v) is 7.00. The van der Waals surface area contributed by atoms with Crippen LogP contribution in [0.4, 0.5) is 4.79 Å². The molecular weight excluding hydrogens is 176 g/mol. The third-order valence-electron chi connectivity index (χ3n) is 0.749. The van der Waals surface area contributed by atoms with E-state index in [4.69, 9.17) is 11.6 Å². The quantitative estimate of drug-likeness (QED) is 0.492. The van der Waals surface area contributed by atoms with Gasteiger partial charge in [-0.1, -0.05) is 11.8 Å². The molecule has 3 nitrogen and oxygen atoms in total. The average molecular weight is 183 g/mol. The van der Waals surface area contributed by atoms with Crippen LogP contribution in [0.25, 0.3) is 0 Å². The van der Waals surface area contributed by atoms with Gasteiger partial charge < -0.3 is 4.74 Å². The van der Waals surface area contributed by atoms with Crippen LogP contribution < -0.4 is 0 Å². The first kappa shape index (κ1) is 9.78. The van der Waals surface area contributed by atoms with Crippen molar-refractivity contribution < 1.29 is 14.3 Å². The molecule has 0 N–H and O–H groups in total. The van der Waals surface area contributed by atoms with Crippen molar-refractivity contribution in [3.63, 3.8) is 0 Å². The Bertz CT molecular complexity index is 137. The summed E-state index contributed by atoms with van der Waals surface area (Å²) >= 11 is 5.88. The second-order valence-corrected chi connectivity index (χ2v) is 3.05. The molecule has 0 aliphatic carbocycles. The van der Waals surface area contributed by atoms with Crippen LogP contribution in [0, 0.1) is 0 Å². The molecule has 5 heteroatoms. The Hall–Kier alpha value is -0.220. The van der Waals surface area contributed by atoms with Crippen LogP contribution in [-0.2, 0) is 9.53 Å². The van der Waals surface area contributed by atoms with Crippen LogP contribution in [-0.4, -0.2) is 23.4 Å². The summed E-state index contributed by atoms with van der Waals surface area (Å²) in [7, 11) is 1.30. The maximum absolute atomic E-state index is 10.4. The molecule has 0 fully saturated rings. The zero-order valence-electron chi connectivity index (χ0n) is 5.43. The third-order valence-corrected chi connectivity index (χ3v) is 1.71. The van der Waals surface area contributed by atoms with E-state index in [0.717, 1.165) is 11.8 Å². The molecule has 0 aliphatic heterocycles. The maximum Gasteiger partial charge on any atom is 0.306 e. The number of hydrogen-bond donors (Lipinski definition) is 0.